The highest BCUT2D eigenvalue weighted by Gasteiger charge is 2.22. The first-order chi connectivity index (χ1) is 14.0. The smallest absolute Gasteiger partial charge is 0.267 e. The fourth-order valence-electron chi connectivity index (χ4n) is 3.75. The molecule has 0 spiro atoms. The SMILES string of the molecule is O=c1c2ccccc2nc(C2CCCCC2)n1N=Cc1ccc(Cl)c([N+](=O)[O-])c1. The Morgan fingerprint density at radius 1 is 1.17 bits per heavy atom. The van der Waals surface area contributed by atoms with Crippen molar-refractivity contribution >= 4 is 34.4 Å². The number of nitro benzene ring substituents is 1. The fourth-order valence-corrected chi connectivity index (χ4v) is 3.94. The van der Waals surface area contributed by atoms with Gasteiger partial charge in [0, 0.05) is 17.5 Å². The second-order valence-corrected chi connectivity index (χ2v) is 7.56. The van der Waals surface area contributed by atoms with Gasteiger partial charge in [-0.05, 0) is 31.0 Å². The van der Waals surface area contributed by atoms with E-state index in [4.69, 9.17) is 16.6 Å². The summed E-state index contributed by atoms with van der Waals surface area (Å²) < 4.78 is 1.35. The largest absolute Gasteiger partial charge is 0.288 e. The molecule has 0 saturated heterocycles. The molecule has 148 valence electrons. The van der Waals surface area contributed by atoms with Crippen molar-refractivity contribution in [3.8, 4) is 0 Å². The molecular weight excluding hydrogens is 392 g/mol. The van der Waals surface area contributed by atoms with Gasteiger partial charge >= 0.3 is 0 Å². The average Bonchev–Trinajstić information content (AvgIpc) is 2.74. The van der Waals surface area contributed by atoms with E-state index in [0.29, 0.717) is 22.3 Å². The van der Waals surface area contributed by atoms with Gasteiger partial charge in [0.15, 0.2) is 0 Å². The van der Waals surface area contributed by atoms with E-state index in [0.717, 1.165) is 25.7 Å². The van der Waals surface area contributed by atoms with Crippen LogP contribution >= 0.6 is 11.6 Å². The summed E-state index contributed by atoms with van der Waals surface area (Å²) in [4.78, 5) is 28.5. The Bertz CT molecular complexity index is 1170. The lowest BCUT2D eigenvalue weighted by molar-refractivity contribution is -0.384. The fraction of sp³-hybridized carbons (Fsp3) is 0.286. The molecule has 1 aliphatic rings. The molecule has 1 saturated carbocycles. The van der Waals surface area contributed by atoms with Crippen molar-refractivity contribution in [2.24, 2.45) is 5.10 Å². The molecule has 7 nitrogen and oxygen atoms in total. The van der Waals surface area contributed by atoms with Crippen LogP contribution in [0.4, 0.5) is 5.69 Å². The highest BCUT2D eigenvalue weighted by atomic mass is 35.5. The summed E-state index contributed by atoms with van der Waals surface area (Å²) in [6, 6.07) is 11.6. The average molecular weight is 411 g/mol. The number of aromatic nitrogens is 2. The highest BCUT2D eigenvalue weighted by molar-refractivity contribution is 6.32. The molecule has 0 radical (unpaired) electrons. The number of hydrogen-bond acceptors (Lipinski definition) is 5. The highest BCUT2D eigenvalue weighted by Crippen LogP contribution is 2.31. The molecule has 1 aromatic heterocycles. The molecule has 0 aliphatic heterocycles. The molecule has 4 rings (SSSR count). The van der Waals surface area contributed by atoms with E-state index in [1.807, 2.05) is 12.1 Å². The minimum Gasteiger partial charge on any atom is -0.267 e. The van der Waals surface area contributed by atoms with Gasteiger partial charge in [0.2, 0.25) is 0 Å². The molecule has 0 atom stereocenters. The Morgan fingerprint density at radius 2 is 1.93 bits per heavy atom. The minimum atomic E-state index is -0.545. The van der Waals surface area contributed by atoms with Crippen LogP contribution in [0.1, 0.15) is 49.4 Å². The monoisotopic (exact) mass is 410 g/mol. The second kappa shape index (κ2) is 8.13. The number of benzene rings is 2. The summed E-state index contributed by atoms with van der Waals surface area (Å²) >= 11 is 5.87. The van der Waals surface area contributed by atoms with Gasteiger partial charge in [0.25, 0.3) is 11.2 Å². The molecule has 0 bridgehead atoms. The number of fused-ring (bicyclic) bond motifs is 1. The molecule has 1 fully saturated rings. The van der Waals surface area contributed by atoms with Gasteiger partial charge in [-0.25, -0.2) is 4.98 Å². The Balaban J connectivity index is 1.82. The third-order valence-electron chi connectivity index (χ3n) is 5.24. The number of nitro groups is 1. The zero-order chi connectivity index (χ0) is 20.4. The Labute approximate surface area is 171 Å². The molecule has 0 N–H and O–H groups in total. The first-order valence-electron chi connectivity index (χ1n) is 9.54. The van der Waals surface area contributed by atoms with E-state index < -0.39 is 4.92 Å². The van der Waals surface area contributed by atoms with Crippen LogP contribution in [-0.4, -0.2) is 20.8 Å². The number of halogens is 1. The van der Waals surface area contributed by atoms with Crippen LogP contribution in [0.3, 0.4) is 0 Å². The molecule has 0 unspecified atom stereocenters. The molecule has 2 aromatic carbocycles. The summed E-state index contributed by atoms with van der Waals surface area (Å²) in [6.07, 6.45) is 6.75. The van der Waals surface area contributed by atoms with E-state index in [-0.39, 0.29) is 22.2 Å². The first-order valence-corrected chi connectivity index (χ1v) is 9.92. The maximum atomic E-state index is 13.1. The van der Waals surface area contributed by atoms with Gasteiger partial charge < -0.3 is 0 Å². The maximum Gasteiger partial charge on any atom is 0.288 e. The van der Waals surface area contributed by atoms with Crippen LogP contribution in [0.5, 0.6) is 0 Å². The van der Waals surface area contributed by atoms with Crippen LogP contribution in [-0.2, 0) is 0 Å². The number of rotatable bonds is 4. The molecule has 3 aromatic rings. The van der Waals surface area contributed by atoms with E-state index >= 15 is 0 Å². The van der Waals surface area contributed by atoms with Crippen molar-refractivity contribution in [1.82, 2.24) is 9.66 Å². The number of para-hydroxylation sites is 1. The van der Waals surface area contributed by atoms with E-state index in [1.54, 1.807) is 18.2 Å². The molecule has 1 aliphatic carbocycles. The van der Waals surface area contributed by atoms with E-state index in [9.17, 15) is 14.9 Å². The van der Waals surface area contributed by atoms with Gasteiger partial charge in [-0.3, -0.25) is 14.9 Å². The van der Waals surface area contributed by atoms with Crippen molar-refractivity contribution in [2.75, 3.05) is 0 Å². The van der Waals surface area contributed by atoms with E-state index in [2.05, 4.69) is 5.10 Å². The number of hydrogen-bond donors (Lipinski definition) is 0. The molecule has 1 heterocycles. The van der Waals surface area contributed by atoms with Gasteiger partial charge in [-0.15, -0.1) is 0 Å². The zero-order valence-corrected chi connectivity index (χ0v) is 16.4. The molecule has 0 amide bonds. The van der Waals surface area contributed by atoms with Crippen molar-refractivity contribution in [1.29, 1.82) is 0 Å². The lowest BCUT2D eigenvalue weighted by Gasteiger charge is -2.22. The molecule has 8 heteroatoms. The van der Waals surface area contributed by atoms with Crippen molar-refractivity contribution < 1.29 is 4.92 Å². The van der Waals surface area contributed by atoms with Crippen molar-refractivity contribution in [2.45, 2.75) is 38.0 Å². The van der Waals surface area contributed by atoms with Gasteiger partial charge in [0.05, 0.1) is 22.0 Å². The third-order valence-corrected chi connectivity index (χ3v) is 5.56. The number of nitrogens with zero attached hydrogens (tertiary/aromatic N) is 4. The topological polar surface area (TPSA) is 90.4 Å². The summed E-state index contributed by atoms with van der Waals surface area (Å²) in [5.74, 6) is 0.811. The Hall–Kier alpha value is -3.06. The van der Waals surface area contributed by atoms with Crippen LogP contribution in [0.15, 0.2) is 52.4 Å². The standard InChI is InChI=1S/C21H19ClN4O3/c22-17-11-10-14(12-19(17)26(28)29)13-23-25-20(15-6-2-1-3-7-15)24-18-9-5-4-8-16(18)21(25)27/h4-5,8-13,15H,1-3,6-7H2. The summed E-state index contributed by atoms with van der Waals surface area (Å²) in [5, 5.41) is 16.1. The predicted octanol–water partition coefficient (Wildman–Crippen LogP) is 4.89. The van der Waals surface area contributed by atoms with Gasteiger partial charge in [0.1, 0.15) is 10.8 Å². The van der Waals surface area contributed by atoms with Crippen molar-refractivity contribution in [3.05, 3.63) is 79.3 Å². The van der Waals surface area contributed by atoms with Crippen molar-refractivity contribution in [3.63, 3.8) is 0 Å². The lowest BCUT2D eigenvalue weighted by atomic mass is 9.88. The maximum absolute atomic E-state index is 13.1. The Morgan fingerprint density at radius 3 is 2.69 bits per heavy atom. The zero-order valence-electron chi connectivity index (χ0n) is 15.6. The summed E-state index contributed by atoms with van der Waals surface area (Å²) in [7, 11) is 0. The van der Waals surface area contributed by atoms with Crippen LogP contribution in [0.2, 0.25) is 5.02 Å². The minimum absolute atomic E-state index is 0.0552. The predicted molar refractivity (Wildman–Crippen MR) is 113 cm³/mol. The molecule has 29 heavy (non-hydrogen) atoms. The first kappa shape index (κ1) is 19.3. The van der Waals surface area contributed by atoms with E-state index in [1.165, 1.54) is 29.4 Å². The summed E-state index contributed by atoms with van der Waals surface area (Å²) in [6.45, 7) is 0. The second-order valence-electron chi connectivity index (χ2n) is 7.15. The van der Waals surface area contributed by atoms with Gasteiger partial charge in [-0.1, -0.05) is 49.1 Å². The Kier molecular flexibility index (Phi) is 5.40. The molecular formula is C21H19ClN4O3. The van der Waals surface area contributed by atoms with Gasteiger partial charge in [-0.2, -0.15) is 9.78 Å². The third kappa shape index (κ3) is 3.91. The lowest BCUT2D eigenvalue weighted by Crippen LogP contribution is -2.25. The van der Waals surface area contributed by atoms with Crippen LogP contribution in [0.25, 0.3) is 10.9 Å². The normalized spacial score (nSPS) is 15.2. The van der Waals surface area contributed by atoms with Crippen LogP contribution in [0, 0.1) is 10.1 Å². The van der Waals surface area contributed by atoms with Crippen LogP contribution < -0.4 is 5.56 Å². The quantitative estimate of drug-likeness (QED) is 0.348. The summed E-state index contributed by atoms with van der Waals surface area (Å²) in [5.41, 5.74) is 0.699.